The molecule has 4 amide bonds. The third-order valence-electron chi connectivity index (χ3n) is 7.86. The van der Waals surface area contributed by atoms with Crippen LogP contribution in [0, 0.1) is 10.8 Å². The second kappa shape index (κ2) is 20.0. The first-order valence-corrected chi connectivity index (χ1v) is 17.0. The van der Waals surface area contributed by atoms with Gasteiger partial charge >= 0.3 is 12.2 Å². The zero-order chi connectivity index (χ0) is 38.2. The van der Waals surface area contributed by atoms with E-state index in [1.165, 1.54) is 0 Å². The van der Waals surface area contributed by atoms with E-state index in [-0.39, 0.29) is 50.9 Å². The van der Waals surface area contributed by atoms with Crippen LogP contribution in [0.15, 0.2) is 60.7 Å². The first kappa shape index (κ1) is 42.9. The molecule has 51 heavy (non-hydrogen) atoms. The van der Waals surface area contributed by atoms with Gasteiger partial charge in [-0.3, -0.25) is 9.59 Å². The van der Waals surface area contributed by atoms with Crippen LogP contribution >= 0.6 is 0 Å². The lowest BCUT2D eigenvalue weighted by molar-refractivity contribution is -0.304. The zero-order valence-corrected chi connectivity index (χ0v) is 31.0. The predicted octanol–water partition coefficient (Wildman–Crippen LogP) is 3.39. The molecule has 14 heteroatoms. The van der Waals surface area contributed by atoms with Crippen molar-refractivity contribution in [2.75, 3.05) is 26.3 Å². The number of rotatable bonds is 14. The van der Waals surface area contributed by atoms with Crippen molar-refractivity contribution in [1.29, 1.82) is 0 Å². The molecule has 1 saturated heterocycles. The summed E-state index contributed by atoms with van der Waals surface area (Å²) in [4.78, 5) is 48.0. The maximum absolute atomic E-state index is 12.6. The molecular weight excluding hydrogens is 660 g/mol. The van der Waals surface area contributed by atoms with Crippen molar-refractivity contribution in [3.8, 4) is 0 Å². The van der Waals surface area contributed by atoms with E-state index in [0.29, 0.717) is 6.61 Å². The Bertz CT molecular complexity index is 1390. The van der Waals surface area contributed by atoms with Crippen LogP contribution in [0.25, 0.3) is 0 Å². The number of amides is 4. The zero-order valence-electron chi connectivity index (χ0n) is 31.0. The lowest BCUT2D eigenvalue weighted by Gasteiger charge is -2.44. The summed E-state index contributed by atoms with van der Waals surface area (Å²) >= 11 is 0. The molecule has 284 valence electrons. The third kappa shape index (κ3) is 15.7. The predicted molar refractivity (Wildman–Crippen MR) is 190 cm³/mol. The fourth-order valence-electron chi connectivity index (χ4n) is 4.49. The quantitative estimate of drug-likeness (QED) is 0.169. The standard InChI is InChI=1S/C20H30N2O5.C17H26N2O5/c1-14(22-18(24)25-12-15-9-7-6-8-10-15)11-21-17(23)16-19(2,3)13-26-20(4,5)27-16;1-12(9-18-15(22)14(21)17(2,3)11-20)19-16(23)24-10-13-7-5-4-6-8-13/h6-10,14,16H,11-13H2,1-5H3,(H,21,23)(H,22,24);4-8,12,14,20-21H,9-11H2,1-3H3,(H,18,22)(H,19,23)/t14-,16+;12-,14+/m00/s1. The number of carbonyl (C=O) groups is 4. The van der Waals surface area contributed by atoms with Gasteiger partial charge in [0.2, 0.25) is 11.8 Å². The lowest BCUT2D eigenvalue weighted by Crippen LogP contribution is -2.57. The van der Waals surface area contributed by atoms with Gasteiger partial charge in [-0.05, 0) is 38.8 Å². The average Bonchev–Trinajstić information content (AvgIpc) is 3.09. The lowest BCUT2D eigenvalue weighted by atomic mass is 9.85. The molecule has 0 unspecified atom stereocenters. The van der Waals surface area contributed by atoms with Crippen LogP contribution in [0.1, 0.15) is 66.5 Å². The van der Waals surface area contributed by atoms with Gasteiger partial charge in [-0.1, -0.05) is 88.4 Å². The molecule has 0 radical (unpaired) electrons. The highest BCUT2D eigenvalue weighted by molar-refractivity contribution is 5.82. The largest absolute Gasteiger partial charge is 0.445 e. The first-order valence-electron chi connectivity index (χ1n) is 17.0. The van der Waals surface area contributed by atoms with Crippen molar-refractivity contribution in [1.82, 2.24) is 21.3 Å². The molecule has 0 saturated carbocycles. The molecule has 1 heterocycles. The van der Waals surface area contributed by atoms with E-state index < -0.39 is 46.9 Å². The van der Waals surface area contributed by atoms with Gasteiger partial charge in [-0.2, -0.15) is 0 Å². The summed E-state index contributed by atoms with van der Waals surface area (Å²) in [5, 5.41) is 29.7. The van der Waals surface area contributed by atoms with E-state index in [9.17, 15) is 24.3 Å². The minimum atomic E-state index is -1.33. The summed E-state index contributed by atoms with van der Waals surface area (Å²) in [6, 6.07) is 18.1. The normalized spacial score (nSPS) is 18.0. The Kier molecular flexibility index (Phi) is 16.8. The number of hydrogen-bond acceptors (Lipinski definition) is 10. The van der Waals surface area contributed by atoms with Crippen molar-refractivity contribution in [2.45, 2.75) is 98.7 Å². The second-order valence-corrected chi connectivity index (χ2v) is 14.4. The average molecular weight is 717 g/mol. The summed E-state index contributed by atoms with van der Waals surface area (Å²) in [7, 11) is 0. The van der Waals surface area contributed by atoms with Crippen LogP contribution in [0.5, 0.6) is 0 Å². The molecule has 1 aliphatic rings. The van der Waals surface area contributed by atoms with E-state index in [2.05, 4.69) is 21.3 Å². The number of alkyl carbamates (subject to hydrolysis) is 2. The SMILES string of the molecule is C[C@@H](CNC(=O)[C@@H](O)C(C)(C)CO)NC(=O)OCc1ccccc1.C[C@@H](CNC(=O)[C@H]1OC(C)(C)OCC1(C)C)NC(=O)OCc1ccccc1. The number of hydrogen-bond donors (Lipinski definition) is 6. The highest BCUT2D eigenvalue weighted by atomic mass is 16.7. The van der Waals surface area contributed by atoms with E-state index >= 15 is 0 Å². The fourth-order valence-corrected chi connectivity index (χ4v) is 4.49. The molecule has 0 aliphatic carbocycles. The van der Waals surface area contributed by atoms with Crippen LogP contribution in [0.4, 0.5) is 9.59 Å². The second-order valence-electron chi connectivity index (χ2n) is 14.4. The maximum atomic E-state index is 12.6. The summed E-state index contributed by atoms with van der Waals surface area (Å²) in [5.74, 6) is -1.62. The molecule has 0 aromatic heterocycles. The Morgan fingerprint density at radius 3 is 1.73 bits per heavy atom. The van der Waals surface area contributed by atoms with E-state index in [1.54, 1.807) is 41.5 Å². The monoisotopic (exact) mass is 716 g/mol. The van der Waals surface area contributed by atoms with Gasteiger partial charge in [-0.15, -0.1) is 0 Å². The molecule has 3 rings (SSSR count). The molecule has 14 nitrogen and oxygen atoms in total. The van der Waals surface area contributed by atoms with Gasteiger partial charge in [-0.25, -0.2) is 9.59 Å². The molecule has 0 spiro atoms. The minimum absolute atomic E-state index is 0.137. The molecule has 6 N–H and O–H groups in total. The fraction of sp³-hybridized carbons (Fsp3) is 0.568. The Morgan fingerprint density at radius 1 is 0.824 bits per heavy atom. The van der Waals surface area contributed by atoms with Gasteiger partial charge in [0.15, 0.2) is 5.79 Å². The van der Waals surface area contributed by atoms with Crippen LogP contribution in [-0.4, -0.2) is 90.6 Å². The van der Waals surface area contributed by atoms with Crippen molar-refractivity contribution in [3.63, 3.8) is 0 Å². The summed E-state index contributed by atoms with van der Waals surface area (Å²) < 4.78 is 21.7. The van der Waals surface area contributed by atoms with Crippen LogP contribution < -0.4 is 21.3 Å². The van der Waals surface area contributed by atoms with Gasteiger partial charge in [0.05, 0.1) is 13.2 Å². The Hall–Kier alpha value is -4.24. The van der Waals surface area contributed by atoms with Gasteiger partial charge in [0.25, 0.3) is 0 Å². The number of aliphatic hydroxyl groups excluding tert-OH is 2. The minimum Gasteiger partial charge on any atom is -0.445 e. The number of ether oxygens (including phenoxy) is 4. The van der Waals surface area contributed by atoms with Crippen molar-refractivity contribution >= 4 is 24.0 Å². The van der Waals surface area contributed by atoms with Crippen molar-refractivity contribution < 1.29 is 48.3 Å². The van der Waals surface area contributed by atoms with Gasteiger partial charge in [0.1, 0.15) is 25.4 Å². The number of nitrogens with one attached hydrogen (secondary N) is 4. The van der Waals surface area contributed by atoms with Gasteiger partial charge < -0.3 is 50.4 Å². The van der Waals surface area contributed by atoms with E-state index in [0.717, 1.165) is 11.1 Å². The summed E-state index contributed by atoms with van der Waals surface area (Å²) in [5.41, 5.74) is 0.415. The van der Waals surface area contributed by atoms with Crippen molar-refractivity contribution in [3.05, 3.63) is 71.8 Å². The third-order valence-corrected chi connectivity index (χ3v) is 7.86. The molecular formula is C37H56N4O10. The summed E-state index contributed by atoms with van der Waals surface area (Å²) in [6.07, 6.45) is -3.07. The van der Waals surface area contributed by atoms with Crippen LogP contribution in [-0.2, 0) is 41.8 Å². The van der Waals surface area contributed by atoms with Crippen molar-refractivity contribution in [2.24, 2.45) is 10.8 Å². The topological polar surface area (TPSA) is 194 Å². The molecule has 4 atom stereocenters. The first-order chi connectivity index (χ1) is 23.8. The van der Waals surface area contributed by atoms with Gasteiger partial charge in [0, 0.05) is 36.0 Å². The number of benzene rings is 2. The molecule has 1 fully saturated rings. The number of carbonyl (C=O) groups excluding carboxylic acids is 4. The van der Waals surface area contributed by atoms with E-state index in [1.807, 2.05) is 74.5 Å². The molecule has 1 aliphatic heterocycles. The molecule has 0 bridgehead atoms. The highest BCUT2D eigenvalue weighted by Crippen LogP contribution is 2.34. The highest BCUT2D eigenvalue weighted by Gasteiger charge is 2.45. The molecule has 2 aromatic rings. The molecule has 2 aromatic carbocycles. The van der Waals surface area contributed by atoms with Crippen LogP contribution in [0.2, 0.25) is 0 Å². The smallest absolute Gasteiger partial charge is 0.407 e. The Morgan fingerprint density at radius 2 is 1.27 bits per heavy atom. The van der Waals surface area contributed by atoms with Crippen LogP contribution in [0.3, 0.4) is 0 Å². The Balaban J connectivity index is 0.000000356. The maximum Gasteiger partial charge on any atom is 0.407 e. The van der Waals surface area contributed by atoms with E-state index in [4.69, 9.17) is 24.1 Å². The summed E-state index contributed by atoms with van der Waals surface area (Å²) in [6.45, 7) is 15.0. The Labute approximate surface area is 301 Å². The number of aliphatic hydroxyl groups is 2.